The van der Waals surface area contributed by atoms with Gasteiger partial charge in [-0.2, -0.15) is 0 Å². The molecule has 0 aliphatic carbocycles. The van der Waals surface area contributed by atoms with Crippen LogP contribution >= 0.6 is 0 Å². The van der Waals surface area contributed by atoms with E-state index in [1.807, 2.05) is 0 Å². The molecule has 0 spiro atoms. The second-order valence-corrected chi connectivity index (χ2v) is 1.000. The first kappa shape index (κ1) is 15.7. The minimum absolute atomic E-state index is 0. The molecule has 0 saturated heterocycles. The molecule has 0 atom stereocenters. The predicted molar refractivity (Wildman–Crippen MR) is 37.7 cm³/mol. The Bertz CT molecular complexity index is 9.51. The van der Waals surface area contributed by atoms with Crippen molar-refractivity contribution in [2.45, 2.75) is 26.7 Å². The van der Waals surface area contributed by atoms with Crippen molar-refractivity contribution in [1.29, 1.82) is 0 Å². The van der Waals surface area contributed by atoms with E-state index in [9.17, 15) is 0 Å². The van der Waals surface area contributed by atoms with Gasteiger partial charge >= 0.3 is 18.9 Å². The fourth-order valence-electron chi connectivity index (χ4n) is 0. The van der Waals surface area contributed by atoms with Gasteiger partial charge in [-0.15, -0.1) is 0 Å². The van der Waals surface area contributed by atoms with Crippen LogP contribution in [0.1, 0.15) is 26.7 Å². The molecule has 0 fully saturated rings. The van der Waals surface area contributed by atoms with Crippen LogP contribution in [0.5, 0.6) is 0 Å². The second-order valence-electron chi connectivity index (χ2n) is 1.000. The summed E-state index contributed by atoms with van der Waals surface area (Å²) in [6, 6.07) is 0. The fraction of sp³-hybridized carbons (Fsp3) is 1.00. The van der Waals surface area contributed by atoms with Gasteiger partial charge in [0.15, 0.2) is 17.4 Å². The molecule has 0 nitrogen and oxygen atoms in total. The average molecular weight is 96.1 g/mol. The Morgan fingerprint density at radius 2 is 1.17 bits per heavy atom. The summed E-state index contributed by atoms with van der Waals surface area (Å²) in [6.45, 7) is 4.36. The van der Waals surface area contributed by atoms with Gasteiger partial charge in [-0.05, 0) is 0 Å². The first-order chi connectivity index (χ1) is 1.91. The molecule has 0 amide bonds. The van der Waals surface area contributed by atoms with Gasteiger partial charge in [0.1, 0.15) is 0 Å². The topological polar surface area (TPSA) is 0 Å². The quantitative estimate of drug-likeness (QED) is 0.402. The first-order valence-corrected chi connectivity index (χ1v) is 1.91. The van der Waals surface area contributed by atoms with Gasteiger partial charge in [-0.3, -0.25) is 0 Å². The van der Waals surface area contributed by atoms with Crippen LogP contribution in [-0.4, -0.2) is 36.2 Å². The SMILES string of the molecule is CCCC.[AlH3].[LiH]. The van der Waals surface area contributed by atoms with Crippen LogP contribution in [0.15, 0.2) is 0 Å². The van der Waals surface area contributed by atoms with E-state index in [0.717, 1.165) is 0 Å². The number of hydrogen-bond acceptors (Lipinski definition) is 0. The summed E-state index contributed by atoms with van der Waals surface area (Å²) in [4.78, 5) is 0. The third kappa shape index (κ3) is 19.3. The predicted octanol–water partition coefficient (Wildman–Crippen LogP) is -0.0260. The molecule has 6 heavy (non-hydrogen) atoms. The first-order valence-electron chi connectivity index (χ1n) is 1.91. The molecule has 0 rings (SSSR count). The van der Waals surface area contributed by atoms with Crippen LogP contribution < -0.4 is 0 Å². The van der Waals surface area contributed by atoms with Crippen molar-refractivity contribution in [3.05, 3.63) is 0 Å². The summed E-state index contributed by atoms with van der Waals surface area (Å²) in [6.07, 6.45) is 2.64. The zero-order chi connectivity index (χ0) is 3.41. The normalized spacial score (nSPS) is 5.00. The Labute approximate surface area is 63.0 Å². The molecular weight excluding hydrogens is 82.0 g/mol. The zero-order valence-electron chi connectivity index (χ0n) is 3.41. The van der Waals surface area contributed by atoms with Crippen molar-refractivity contribution in [3.8, 4) is 0 Å². The average Bonchev–Trinajstić information content (AvgIpc) is 1.37. The van der Waals surface area contributed by atoms with E-state index in [0.29, 0.717) is 0 Å². The van der Waals surface area contributed by atoms with E-state index in [1.165, 1.54) is 12.8 Å². The van der Waals surface area contributed by atoms with Crippen LogP contribution in [-0.2, 0) is 0 Å². The standard InChI is InChI=1S/C4H10.Al.Li.4H/c1-3-4-2;;;;;;/h3-4H2,1-2H3;;;;;;. The molecule has 0 aromatic rings. The third-order valence-corrected chi connectivity index (χ3v) is 0.500. The van der Waals surface area contributed by atoms with E-state index in [2.05, 4.69) is 13.8 Å². The van der Waals surface area contributed by atoms with E-state index >= 15 is 0 Å². The van der Waals surface area contributed by atoms with Gasteiger partial charge in [0, 0.05) is 0 Å². The van der Waals surface area contributed by atoms with Crippen molar-refractivity contribution >= 4 is 36.2 Å². The van der Waals surface area contributed by atoms with Crippen LogP contribution in [0.4, 0.5) is 0 Å². The minimum atomic E-state index is 0. The summed E-state index contributed by atoms with van der Waals surface area (Å²) in [7, 11) is 0. The van der Waals surface area contributed by atoms with Crippen LogP contribution in [0.3, 0.4) is 0 Å². The van der Waals surface area contributed by atoms with Gasteiger partial charge in [0.05, 0.1) is 0 Å². The summed E-state index contributed by atoms with van der Waals surface area (Å²) in [5.74, 6) is 0. The molecular formula is C4H14AlLi. The van der Waals surface area contributed by atoms with Gasteiger partial charge < -0.3 is 0 Å². The maximum atomic E-state index is 2.18. The number of hydrogen-bond donors (Lipinski definition) is 0. The molecule has 0 saturated carbocycles. The summed E-state index contributed by atoms with van der Waals surface area (Å²) < 4.78 is 0. The van der Waals surface area contributed by atoms with Crippen molar-refractivity contribution in [3.63, 3.8) is 0 Å². The molecule has 34 valence electrons. The van der Waals surface area contributed by atoms with Gasteiger partial charge in [-0.1, -0.05) is 26.7 Å². The Morgan fingerprint density at radius 3 is 1.17 bits per heavy atom. The molecule has 0 bridgehead atoms. The second kappa shape index (κ2) is 16.5. The van der Waals surface area contributed by atoms with E-state index in [-0.39, 0.29) is 36.2 Å². The van der Waals surface area contributed by atoms with E-state index < -0.39 is 0 Å². The summed E-state index contributed by atoms with van der Waals surface area (Å²) in [5.41, 5.74) is 0. The molecule has 0 aromatic carbocycles. The van der Waals surface area contributed by atoms with Crippen LogP contribution in [0.25, 0.3) is 0 Å². The van der Waals surface area contributed by atoms with Crippen molar-refractivity contribution < 1.29 is 0 Å². The van der Waals surface area contributed by atoms with Gasteiger partial charge in [0.2, 0.25) is 0 Å². The van der Waals surface area contributed by atoms with Gasteiger partial charge in [-0.25, -0.2) is 0 Å². The Balaban J connectivity index is -0.0000000450. The van der Waals surface area contributed by atoms with Crippen LogP contribution in [0.2, 0.25) is 0 Å². The van der Waals surface area contributed by atoms with Crippen molar-refractivity contribution in [1.82, 2.24) is 0 Å². The number of rotatable bonds is 1. The van der Waals surface area contributed by atoms with Crippen molar-refractivity contribution in [2.24, 2.45) is 0 Å². The van der Waals surface area contributed by atoms with E-state index in [4.69, 9.17) is 0 Å². The van der Waals surface area contributed by atoms with Crippen LogP contribution in [0, 0.1) is 0 Å². The maximum absolute atomic E-state index is 2.18. The van der Waals surface area contributed by atoms with Crippen molar-refractivity contribution in [2.75, 3.05) is 0 Å². The number of unbranched alkanes of at least 4 members (excludes halogenated alkanes) is 1. The molecule has 0 radical (unpaired) electrons. The van der Waals surface area contributed by atoms with Gasteiger partial charge in [0.25, 0.3) is 0 Å². The summed E-state index contributed by atoms with van der Waals surface area (Å²) in [5, 5.41) is 0. The molecule has 0 aromatic heterocycles. The molecule has 0 heterocycles. The summed E-state index contributed by atoms with van der Waals surface area (Å²) >= 11 is 0. The monoisotopic (exact) mass is 96.1 g/mol. The Morgan fingerprint density at radius 1 is 1.00 bits per heavy atom. The van der Waals surface area contributed by atoms with E-state index in [1.54, 1.807) is 0 Å². The molecule has 0 N–H and O–H groups in total. The third-order valence-electron chi connectivity index (χ3n) is 0.500. The molecule has 0 aliphatic rings. The molecule has 0 unspecified atom stereocenters. The molecule has 2 heteroatoms. The zero-order valence-corrected chi connectivity index (χ0v) is 3.41. The Kier molecular flexibility index (Phi) is 43.1. The fourth-order valence-corrected chi connectivity index (χ4v) is 0. The molecule has 0 aliphatic heterocycles. The Hall–Kier alpha value is 1.13.